The summed E-state index contributed by atoms with van der Waals surface area (Å²) in [6.45, 7) is 6.60. The summed E-state index contributed by atoms with van der Waals surface area (Å²) < 4.78 is 0. The van der Waals surface area contributed by atoms with Crippen LogP contribution in [0.1, 0.15) is 36.7 Å². The molecule has 2 aromatic carbocycles. The minimum atomic E-state index is -0.0446. The fourth-order valence-corrected chi connectivity index (χ4v) is 2.00. The van der Waals surface area contributed by atoms with Crippen LogP contribution in [0.2, 0.25) is 0 Å². The van der Waals surface area contributed by atoms with Gasteiger partial charge in [0, 0.05) is 12.6 Å². The topological polar surface area (TPSA) is 29.1 Å². The molecule has 0 fully saturated rings. The quantitative estimate of drug-likeness (QED) is 0.813. The van der Waals surface area contributed by atoms with Crippen LogP contribution >= 0.6 is 0 Å². The van der Waals surface area contributed by atoms with E-state index in [0.717, 1.165) is 5.39 Å². The van der Waals surface area contributed by atoms with Crippen LogP contribution in [0.15, 0.2) is 36.4 Å². The van der Waals surface area contributed by atoms with Gasteiger partial charge in [-0.2, -0.15) is 0 Å². The highest BCUT2D eigenvalue weighted by Crippen LogP contribution is 2.26. The number of carbonyl (C=O) groups is 1. The molecule has 0 heterocycles. The first-order valence-electron chi connectivity index (χ1n) is 6.18. The Bertz CT molecular complexity index is 594. The molecule has 1 amide bonds. The second-order valence-electron chi connectivity index (χ2n) is 5.61. The Morgan fingerprint density at radius 1 is 1.00 bits per heavy atom. The molecule has 0 aliphatic heterocycles. The van der Waals surface area contributed by atoms with Crippen molar-refractivity contribution in [2.45, 2.75) is 26.2 Å². The third-order valence-electron chi connectivity index (χ3n) is 3.20. The molecule has 0 aliphatic carbocycles. The molecule has 0 spiro atoms. The summed E-state index contributed by atoms with van der Waals surface area (Å²) >= 11 is 0. The van der Waals surface area contributed by atoms with Crippen molar-refractivity contribution in [1.29, 1.82) is 0 Å². The van der Waals surface area contributed by atoms with Crippen molar-refractivity contribution >= 4 is 16.7 Å². The first-order chi connectivity index (χ1) is 8.41. The lowest BCUT2D eigenvalue weighted by Gasteiger charge is -2.19. The fourth-order valence-electron chi connectivity index (χ4n) is 2.00. The number of fused-ring (bicyclic) bond motifs is 1. The van der Waals surface area contributed by atoms with Gasteiger partial charge < -0.3 is 5.32 Å². The molecule has 18 heavy (non-hydrogen) atoms. The van der Waals surface area contributed by atoms with Crippen LogP contribution < -0.4 is 5.32 Å². The van der Waals surface area contributed by atoms with Crippen LogP contribution in [-0.2, 0) is 5.41 Å². The van der Waals surface area contributed by atoms with Gasteiger partial charge >= 0.3 is 0 Å². The first-order valence-corrected chi connectivity index (χ1v) is 6.18. The Labute approximate surface area is 108 Å². The van der Waals surface area contributed by atoms with Gasteiger partial charge in [-0.3, -0.25) is 4.79 Å². The number of amides is 1. The third-order valence-corrected chi connectivity index (χ3v) is 3.20. The minimum absolute atomic E-state index is 0.0446. The molecule has 2 nitrogen and oxygen atoms in total. The summed E-state index contributed by atoms with van der Waals surface area (Å²) in [7, 11) is 1.65. The normalized spacial score (nSPS) is 11.6. The molecule has 1 N–H and O–H groups in total. The van der Waals surface area contributed by atoms with Gasteiger partial charge in [0.05, 0.1) is 0 Å². The van der Waals surface area contributed by atoms with E-state index < -0.39 is 0 Å². The molecule has 2 heteroatoms. The Balaban J connectivity index is 2.52. The molecule has 94 valence electrons. The fraction of sp³-hybridized carbons (Fsp3) is 0.312. The molecule has 0 unspecified atom stereocenters. The standard InChI is InChI=1S/C16H19NO/c1-16(2,3)14-8-7-11-9-13(15(18)17-4)6-5-12(11)10-14/h5-10H,1-4H3,(H,17,18). The molecular formula is C16H19NO. The van der Waals surface area contributed by atoms with Crippen LogP contribution in [0, 0.1) is 0 Å². The maximum atomic E-state index is 11.6. The zero-order chi connectivity index (χ0) is 13.3. The zero-order valence-corrected chi connectivity index (χ0v) is 11.4. The van der Waals surface area contributed by atoms with Gasteiger partial charge in [-0.15, -0.1) is 0 Å². The van der Waals surface area contributed by atoms with Crippen LogP contribution in [0.4, 0.5) is 0 Å². The van der Waals surface area contributed by atoms with E-state index >= 15 is 0 Å². The number of hydrogen-bond acceptors (Lipinski definition) is 1. The number of nitrogens with one attached hydrogen (secondary N) is 1. The van der Waals surface area contributed by atoms with E-state index in [4.69, 9.17) is 0 Å². The molecular weight excluding hydrogens is 222 g/mol. The lowest BCUT2D eigenvalue weighted by atomic mass is 9.86. The van der Waals surface area contributed by atoms with Gasteiger partial charge in [0.25, 0.3) is 5.91 Å². The highest BCUT2D eigenvalue weighted by atomic mass is 16.1. The molecule has 0 bridgehead atoms. The van der Waals surface area contributed by atoms with E-state index in [1.165, 1.54) is 10.9 Å². The maximum absolute atomic E-state index is 11.6. The average Bonchev–Trinajstić information content (AvgIpc) is 2.35. The molecule has 0 radical (unpaired) electrons. The van der Waals surface area contributed by atoms with Crippen LogP contribution in [-0.4, -0.2) is 13.0 Å². The van der Waals surface area contributed by atoms with E-state index in [1.54, 1.807) is 7.05 Å². The van der Waals surface area contributed by atoms with E-state index in [9.17, 15) is 4.79 Å². The molecule has 2 rings (SSSR count). The Morgan fingerprint density at radius 2 is 1.61 bits per heavy atom. The average molecular weight is 241 g/mol. The lowest BCUT2D eigenvalue weighted by molar-refractivity contribution is 0.0963. The van der Waals surface area contributed by atoms with Crippen LogP contribution in [0.5, 0.6) is 0 Å². The van der Waals surface area contributed by atoms with E-state index in [-0.39, 0.29) is 11.3 Å². The first kappa shape index (κ1) is 12.6. The van der Waals surface area contributed by atoms with Crippen molar-refractivity contribution in [2.24, 2.45) is 0 Å². The van der Waals surface area contributed by atoms with E-state index in [1.807, 2.05) is 18.2 Å². The molecule has 0 aliphatic rings. The summed E-state index contributed by atoms with van der Waals surface area (Å²) in [5.41, 5.74) is 2.16. The van der Waals surface area contributed by atoms with Crippen molar-refractivity contribution in [3.05, 3.63) is 47.5 Å². The zero-order valence-electron chi connectivity index (χ0n) is 11.4. The van der Waals surface area contributed by atoms with Crippen molar-refractivity contribution in [3.63, 3.8) is 0 Å². The highest BCUT2D eigenvalue weighted by Gasteiger charge is 2.14. The van der Waals surface area contributed by atoms with Crippen molar-refractivity contribution in [1.82, 2.24) is 5.32 Å². The highest BCUT2D eigenvalue weighted by molar-refractivity contribution is 5.98. The Morgan fingerprint density at radius 3 is 2.22 bits per heavy atom. The predicted molar refractivity (Wildman–Crippen MR) is 76.0 cm³/mol. The SMILES string of the molecule is CNC(=O)c1ccc2cc(C(C)(C)C)ccc2c1. The lowest BCUT2D eigenvalue weighted by Crippen LogP contribution is -2.17. The Hall–Kier alpha value is -1.83. The van der Waals surface area contributed by atoms with E-state index in [0.29, 0.717) is 5.56 Å². The van der Waals surface area contributed by atoms with Crippen molar-refractivity contribution in [3.8, 4) is 0 Å². The smallest absolute Gasteiger partial charge is 0.251 e. The maximum Gasteiger partial charge on any atom is 0.251 e. The van der Waals surface area contributed by atoms with Crippen molar-refractivity contribution in [2.75, 3.05) is 7.05 Å². The Kier molecular flexibility index (Phi) is 3.12. The van der Waals surface area contributed by atoms with Gasteiger partial charge in [-0.05, 0) is 33.9 Å². The number of hydrogen-bond donors (Lipinski definition) is 1. The molecule has 0 saturated heterocycles. The molecule has 0 atom stereocenters. The monoisotopic (exact) mass is 241 g/mol. The summed E-state index contributed by atoms with van der Waals surface area (Å²) in [5.74, 6) is -0.0446. The van der Waals surface area contributed by atoms with Crippen LogP contribution in [0.25, 0.3) is 10.8 Å². The minimum Gasteiger partial charge on any atom is -0.355 e. The molecule has 0 saturated carbocycles. The molecule has 0 aromatic heterocycles. The van der Waals surface area contributed by atoms with E-state index in [2.05, 4.69) is 44.3 Å². The second kappa shape index (κ2) is 4.45. The third kappa shape index (κ3) is 2.37. The summed E-state index contributed by atoms with van der Waals surface area (Å²) in [4.78, 5) is 11.6. The van der Waals surface area contributed by atoms with Crippen molar-refractivity contribution < 1.29 is 4.79 Å². The van der Waals surface area contributed by atoms with Gasteiger partial charge in [0.1, 0.15) is 0 Å². The summed E-state index contributed by atoms with van der Waals surface area (Å²) in [6, 6.07) is 12.2. The largest absolute Gasteiger partial charge is 0.355 e. The predicted octanol–water partition coefficient (Wildman–Crippen LogP) is 3.50. The van der Waals surface area contributed by atoms with Crippen LogP contribution in [0.3, 0.4) is 0 Å². The summed E-state index contributed by atoms with van der Waals surface area (Å²) in [5, 5.41) is 4.92. The molecule has 2 aromatic rings. The number of carbonyl (C=O) groups excluding carboxylic acids is 1. The van der Waals surface area contributed by atoms with Gasteiger partial charge in [-0.25, -0.2) is 0 Å². The number of rotatable bonds is 1. The number of benzene rings is 2. The van der Waals surface area contributed by atoms with Gasteiger partial charge in [0.2, 0.25) is 0 Å². The van der Waals surface area contributed by atoms with Gasteiger partial charge in [-0.1, -0.05) is 45.0 Å². The second-order valence-corrected chi connectivity index (χ2v) is 5.61. The van der Waals surface area contributed by atoms with Gasteiger partial charge in [0.15, 0.2) is 0 Å². The summed E-state index contributed by atoms with van der Waals surface area (Å²) in [6.07, 6.45) is 0.